The third-order valence-electron chi connectivity index (χ3n) is 4.99. The first kappa shape index (κ1) is 16.3. The number of rotatable bonds is 4. The van der Waals surface area contributed by atoms with Gasteiger partial charge in [0.1, 0.15) is 5.82 Å². The molecule has 0 saturated heterocycles. The second kappa shape index (κ2) is 5.99. The molecule has 1 unspecified atom stereocenters. The Morgan fingerprint density at radius 3 is 2.76 bits per heavy atom. The summed E-state index contributed by atoms with van der Waals surface area (Å²) in [6, 6.07) is 7.10. The van der Waals surface area contributed by atoms with Crippen molar-refractivity contribution in [2.24, 2.45) is 7.05 Å². The molecule has 0 spiro atoms. The fourth-order valence-corrected chi connectivity index (χ4v) is 3.78. The van der Waals surface area contributed by atoms with Gasteiger partial charge in [0.15, 0.2) is 5.52 Å². The Morgan fingerprint density at radius 2 is 2.12 bits per heavy atom. The topological polar surface area (TPSA) is 39.8 Å². The molecule has 130 valence electrons. The maximum absolute atomic E-state index is 13.5. The van der Waals surface area contributed by atoms with Crippen molar-refractivity contribution in [3.8, 4) is 0 Å². The fraction of sp³-hybridized carbons (Fsp3) is 0.368. The summed E-state index contributed by atoms with van der Waals surface area (Å²) in [6.07, 6.45) is 4.77. The molecule has 1 atom stereocenters. The molecule has 4 rings (SSSR count). The standard InChI is InChI=1S/C19H19ClFN3O/c1-3-13(11-4-7-16(21)15(20)10-11)18-14-8-9-24(12-5-6-12)19(25)17(14)22-23(18)2/h4,7-10,12-13H,3,5-6H2,1-2H3. The van der Waals surface area contributed by atoms with Crippen LogP contribution < -0.4 is 5.56 Å². The molecule has 0 aliphatic heterocycles. The number of aromatic nitrogens is 3. The largest absolute Gasteiger partial charge is 0.311 e. The minimum Gasteiger partial charge on any atom is -0.311 e. The Balaban J connectivity index is 1.89. The van der Waals surface area contributed by atoms with Gasteiger partial charge in [0.25, 0.3) is 5.56 Å². The fourth-order valence-electron chi connectivity index (χ4n) is 3.59. The third-order valence-corrected chi connectivity index (χ3v) is 5.28. The summed E-state index contributed by atoms with van der Waals surface area (Å²) in [7, 11) is 1.85. The zero-order chi connectivity index (χ0) is 17.7. The Bertz CT molecular complexity index is 1020. The lowest BCUT2D eigenvalue weighted by Crippen LogP contribution is -2.18. The molecule has 25 heavy (non-hydrogen) atoms. The van der Waals surface area contributed by atoms with Crippen LogP contribution >= 0.6 is 11.6 Å². The van der Waals surface area contributed by atoms with Crippen molar-refractivity contribution in [1.29, 1.82) is 0 Å². The highest BCUT2D eigenvalue weighted by molar-refractivity contribution is 6.30. The predicted molar refractivity (Wildman–Crippen MR) is 96.8 cm³/mol. The molecular weight excluding hydrogens is 341 g/mol. The molecule has 0 N–H and O–H groups in total. The third kappa shape index (κ3) is 2.67. The average Bonchev–Trinajstić information content (AvgIpc) is 3.37. The lowest BCUT2D eigenvalue weighted by molar-refractivity contribution is 0.622. The number of fused-ring (bicyclic) bond motifs is 1. The molecule has 1 aliphatic rings. The molecule has 1 saturated carbocycles. The maximum atomic E-state index is 13.5. The first-order chi connectivity index (χ1) is 12.0. The van der Waals surface area contributed by atoms with E-state index < -0.39 is 5.82 Å². The van der Waals surface area contributed by atoms with Crippen LogP contribution in [0.15, 0.2) is 35.3 Å². The van der Waals surface area contributed by atoms with Crippen molar-refractivity contribution < 1.29 is 4.39 Å². The molecule has 6 heteroatoms. The van der Waals surface area contributed by atoms with Crippen LogP contribution in [-0.4, -0.2) is 14.3 Å². The van der Waals surface area contributed by atoms with Gasteiger partial charge >= 0.3 is 0 Å². The molecule has 2 heterocycles. The van der Waals surface area contributed by atoms with Gasteiger partial charge in [0.2, 0.25) is 0 Å². The molecule has 2 aromatic heterocycles. The summed E-state index contributed by atoms with van der Waals surface area (Å²) in [5, 5.41) is 5.46. The molecule has 1 fully saturated rings. The summed E-state index contributed by atoms with van der Waals surface area (Å²) >= 11 is 5.97. The number of nitrogens with zero attached hydrogens (tertiary/aromatic N) is 3. The minimum absolute atomic E-state index is 0.00993. The van der Waals surface area contributed by atoms with Gasteiger partial charge in [-0.1, -0.05) is 24.6 Å². The summed E-state index contributed by atoms with van der Waals surface area (Å²) in [5.74, 6) is -0.438. The molecule has 1 aromatic carbocycles. The van der Waals surface area contributed by atoms with E-state index in [0.29, 0.717) is 11.6 Å². The van der Waals surface area contributed by atoms with Crippen molar-refractivity contribution in [2.45, 2.75) is 38.1 Å². The van der Waals surface area contributed by atoms with Crippen molar-refractivity contribution >= 4 is 22.5 Å². The van der Waals surface area contributed by atoms with E-state index in [-0.39, 0.29) is 16.5 Å². The summed E-state index contributed by atoms with van der Waals surface area (Å²) in [5.41, 5.74) is 2.35. The first-order valence-electron chi connectivity index (χ1n) is 8.54. The van der Waals surface area contributed by atoms with Crippen molar-refractivity contribution in [3.05, 3.63) is 62.9 Å². The van der Waals surface area contributed by atoms with Gasteiger partial charge in [0, 0.05) is 30.6 Å². The lowest BCUT2D eigenvalue weighted by Gasteiger charge is -2.17. The van der Waals surface area contributed by atoms with E-state index in [4.69, 9.17) is 11.6 Å². The van der Waals surface area contributed by atoms with E-state index in [2.05, 4.69) is 12.0 Å². The molecule has 3 aromatic rings. The van der Waals surface area contributed by atoms with Crippen LogP contribution in [0.4, 0.5) is 4.39 Å². The van der Waals surface area contributed by atoms with E-state index in [1.54, 1.807) is 21.4 Å². The van der Waals surface area contributed by atoms with Crippen LogP contribution in [0, 0.1) is 5.82 Å². The van der Waals surface area contributed by atoms with E-state index in [9.17, 15) is 9.18 Å². The Labute approximate surface area is 149 Å². The summed E-state index contributed by atoms with van der Waals surface area (Å²) < 4.78 is 17.1. The molecule has 0 amide bonds. The number of aryl methyl sites for hydroxylation is 1. The summed E-state index contributed by atoms with van der Waals surface area (Å²) in [4.78, 5) is 12.7. The van der Waals surface area contributed by atoms with Gasteiger partial charge in [-0.15, -0.1) is 0 Å². The average molecular weight is 360 g/mol. The highest BCUT2D eigenvalue weighted by atomic mass is 35.5. The molecule has 4 nitrogen and oxygen atoms in total. The van der Waals surface area contributed by atoms with Crippen LogP contribution in [0.2, 0.25) is 5.02 Å². The Morgan fingerprint density at radius 1 is 1.36 bits per heavy atom. The van der Waals surface area contributed by atoms with Crippen LogP contribution in [-0.2, 0) is 7.05 Å². The van der Waals surface area contributed by atoms with Gasteiger partial charge in [-0.3, -0.25) is 9.48 Å². The van der Waals surface area contributed by atoms with Gasteiger partial charge in [-0.2, -0.15) is 5.10 Å². The molecule has 0 radical (unpaired) electrons. The zero-order valence-electron chi connectivity index (χ0n) is 14.2. The van der Waals surface area contributed by atoms with Crippen LogP contribution in [0.3, 0.4) is 0 Å². The number of hydrogen-bond donors (Lipinski definition) is 0. The van der Waals surface area contributed by atoms with E-state index in [1.165, 1.54) is 6.07 Å². The predicted octanol–water partition coefficient (Wildman–Crippen LogP) is 4.40. The Hall–Kier alpha value is -2.14. The minimum atomic E-state index is -0.428. The van der Waals surface area contributed by atoms with E-state index >= 15 is 0 Å². The number of benzene rings is 1. The lowest BCUT2D eigenvalue weighted by atomic mass is 9.91. The Kier molecular flexibility index (Phi) is 3.91. The van der Waals surface area contributed by atoms with Crippen molar-refractivity contribution in [1.82, 2.24) is 14.3 Å². The molecule has 1 aliphatic carbocycles. The SMILES string of the molecule is CCC(c1ccc(F)c(Cl)c1)c1c2ccn(C3CC3)c(=O)c2nn1C. The van der Waals surface area contributed by atoms with Crippen molar-refractivity contribution in [3.63, 3.8) is 0 Å². The van der Waals surface area contributed by atoms with E-state index in [0.717, 1.165) is 35.9 Å². The quantitative estimate of drug-likeness (QED) is 0.692. The number of halogens is 2. The van der Waals surface area contributed by atoms with Crippen molar-refractivity contribution in [2.75, 3.05) is 0 Å². The first-order valence-corrected chi connectivity index (χ1v) is 8.91. The smallest absolute Gasteiger partial charge is 0.279 e. The number of hydrogen-bond acceptors (Lipinski definition) is 2. The monoisotopic (exact) mass is 359 g/mol. The maximum Gasteiger partial charge on any atom is 0.279 e. The van der Waals surface area contributed by atoms with Gasteiger partial charge < -0.3 is 4.57 Å². The molecule has 0 bridgehead atoms. The highest BCUT2D eigenvalue weighted by Gasteiger charge is 2.27. The molecular formula is C19H19ClFN3O. The second-order valence-electron chi connectivity index (χ2n) is 6.66. The van der Waals surface area contributed by atoms with Crippen LogP contribution in [0.5, 0.6) is 0 Å². The van der Waals surface area contributed by atoms with Gasteiger partial charge in [-0.05, 0) is 43.0 Å². The normalized spacial score (nSPS) is 15.7. The highest BCUT2D eigenvalue weighted by Crippen LogP contribution is 2.36. The van der Waals surface area contributed by atoms with Gasteiger partial charge in [-0.25, -0.2) is 4.39 Å². The zero-order valence-corrected chi connectivity index (χ0v) is 14.9. The van der Waals surface area contributed by atoms with Crippen LogP contribution in [0.1, 0.15) is 49.4 Å². The van der Waals surface area contributed by atoms with Gasteiger partial charge in [0.05, 0.1) is 10.7 Å². The summed E-state index contributed by atoms with van der Waals surface area (Å²) in [6.45, 7) is 2.06. The van der Waals surface area contributed by atoms with Crippen LogP contribution in [0.25, 0.3) is 10.9 Å². The van der Waals surface area contributed by atoms with E-state index in [1.807, 2.05) is 19.3 Å². The number of pyridine rings is 1. The second-order valence-corrected chi connectivity index (χ2v) is 7.07.